The zero-order valence-electron chi connectivity index (χ0n) is 12.3. The number of anilines is 1. The van der Waals surface area contributed by atoms with Crippen LogP contribution < -0.4 is 4.90 Å². The largest absolute Gasteiger partial charge is 0.365 e. The van der Waals surface area contributed by atoms with Gasteiger partial charge in [-0.3, -0.25) is 0 Å². The van der Waals surface area contributed by atoms with Gasteiger partial charge >= 0.3 is 0 Å². The number of rotatable bonds is 2. The summed E-state index contributed by atoms with van der Waals surface area (Å²) in [6.07, 6.45) is 4.59. The Balaban J connectivity index is 1.68. The molecular formula is C18H19N3. The van der Waals surface area contributed by atoms with Crippen molar-refractivity contribution in [1.82, 2.24) is 9.38 Å². The van der Waals surface area contributed by atoms with Crippen molar-refractivity contribution < 1.29 is 0 Å². The first kappa shape index (κ1) is 12.5. The highest BCUT2D eigenvalue weighted by atomic mass is 15.2. The molecule has 1 aliphatic rings. The van der Waals surface area contributed by atoms with Gasteiger partial charge in [-0.05, 0) is 43.5 Å². The molecule has 3 heteroatoms. The van der Waals surface area contributed by atoms with Gasteiger partial charge in [0, 0.05) is 24.1 Å². The fraction of sp³-hybridized carbons (Fsp3) is 0.278. The van der Waals surface area contributed by atoms with E-state index in [4.69, 9.17) is 4.98 Å². The number of hydrogen-bond donors (Lipinski definition) is 0. The Morgan fingerprint density at radius 3 is 2.90 bits per heavy atom. The van der Waals surface area contributed by atoms with Crippen molar-refractivity contribution in [1.29, 1.82) is 0 Å². The van der Waals surface area contributed by atoms with E-state index < -0.39 is 0 Å². The SMILES string of the molecule is Cc1cccc2nc(CN3CCCc4ccccc43)cn12. The van der Waals surface area contributed by atoms with Crippen LogP contribution in [-0.2, 0) is 13.0 Å². The second-order valence-electron chi connectivity index (χ2n) is 5.78. The minimum absolute atomic E-state index is 0.887. The Hall–Kier alpha value is -2.29. The molecule has 4 rings (SSSR count). The van der Waals surface area contributed by atoms with Crippen LogP contribution in [0.2, 0.25) is 0 Å². The molecule has 3 nitrogen and oxygen atoms in total. The van der Waals surface area contributed by atoms with Crippen molar-refractivity contribution in [2.75, 3.05) is 11.4 Å². The molecule has 0 bridgehead atoms. The molecule has 0 spiro atoms. The standard InChI is InChI=1S/C18H19N3/c1-14-6-4-10-18-19-16(13-21(14)18)12-20-11-5-8-15-7-2-3-9-17(15)20/h2-4,6-7,9-10,13H,5,8,11-12H2,1H3. The number of benzene rings is 1. The van der Waals surface area contributed by atoms with Crippen LogP contribution >= 0.6 is 0 Å². The molecule has 0 amide bonds. The summed E-state index contributed by atoms with van der Waals surface area (Å²) in [6, 6.07) is 15.0. The third-order valence-electron chi connectivity index (χ3n) is 4.31. The zero-order valence-corrected chi connectivity index (χ0v) is 12.3. The van der Waals surface area contributed by atoms with Crippen LogP contribution in [0, 0.1) is 6.92 Å². The number of pyridine rings is 1. The third kappa shape index (κ3) is 2.19. The molecular weight excluding hydrogens is 258 g/mol. The first-order chi connectivity index (χ1) is 10.3. The van der Waals surface area contributed by atoms with Gasteiger partial charge in [-0.15, -0.1) is 0 Å². The number of hydrogen-bond acceptors (Lipinski definition) is 2. The van der Waals surface area contributed by atoms with Crippen molar-refractivity contribution in [3.8, 4) is 0 Å². The van der Waals surface area contributed by atoms with E-state index in [0.717, 1.165) is 24.4 Å². The van der Waals surface area contributed by atoms with E-state index in [1.165, 1.54) is 29.8 Å². The first-order valence-electron chi connectivity index (χ1n) is 7.58. The normalized spacial score (nSPS) is 14.4. The smallest absolute Gasteiger partial charge is 0.137 e. The molecule has 0 radical (unpaired) electrons. The number of aromatic nitrogens is 2. The van der Waals surface area contributed by atoms with Crippen LogP contribution in [0.3, 0.4) is 0 Å². The third-order valence-corrected chi connectivity index (χ3v) is 4.31. The maximum atomic E-state index is 4.76. The van der Waals surface area contributed by atoms with Crippen molar-refractivity contribution >= 4 is 11.3 Å². The van der Waals surface area contributed by atoms with E-state index in [0.29, 0.717) is 0 Å². The molecule has 0 N–H and O–H groups in total. The molecule has 0 aliphatic carbocycles. The Morgan fingerprint density at radius 2 is 2.00 bits per heavy atom. The zero-order chi connectivity index (χ0) is 14.2. The molecule has 0 fully saturated rings. The van der Waals surface area contributed by atoms with E-state index >= 15 is 0 Å². The van der Waals surface area contributed by atoms with Gasteiger partial charge in [0.2, 0.25) is 0 Å². The Bertz CT molecular complexity index is 788. The predicted molar refractivity (Wildman–Crippen MR) is 85.7 cm³/mol. The highest BCUT2D eigenvalue weighted by Gasteiger charge is 2.17. The second-order valence-corrected chi connectivity index (χ2v) is 5.78. The lowest BCUT2D eigenvalue weighted by molar-refractivity contribution is 0.685. The average Bonchev–Trinajstić information content (AvgIpc) is 2.92. The maximum Gasteiger partial charge on any atom is 0.137 e. The summed E-state index contributed by atoms with van der Waals surface area (Å²) < 4.78 is 2.17. The van der Waals surface area contributed by atoms with Gasteiger partial charge in [0.25, 0.3) is 0 Å². The van der Waals surface area contributed by atoms with E-state index in [1.54, 1.807) is 0 Å². The lowest BCUT2D eigenvalue weighted by Crippen LogP contribution is -2.28. The molecule has 106 valence electrons. The fourth-order valence-corrected chi connectivity index (χ4v) is 3.25. The summed E-state index contributed by atoms with van der Waals surface area (Å²) in [6.45, 7) is 4.12. The van der Waals surface area contributed by atoms with Crippen LogP contribution in [0.5, 0.6) is 0 Å². The monoisotopic (exact) mass is 277 g/mol. The molecule has 0 saturated carbocycles. The maximum absolute atomic E-state index is 4.76. The predicted octanol–water partition coefficient (Wildman–Crippen LogP) is 3.60. The quantitative estimate of drug-likeness (QED) is 0.713. The van der Waals surface area contributed by atoms with E-state index in [1.807, 2.05) is 0 Å². The molecule has 3 heterocycles. The Morgan fingerprint density at radius 1 is 1.10 bits per heavy atom. The van der Waals surface area contributed by atoms with Gasteiger partial charge in [-0.25, -0.2) is 4.98 Å². The number of imidazole rings is 1. The number of para-hydroxylation sites is 1. The summed E-state index contributed by atoms with van der Waals surface area (Å²) >= 11 is 0. The number of fused-ring (bicyclic) bond motifs is 2. The van der Waals surface area contributed by atoms with Crippen molar-refractivity contribution in [2.45, 2.75) is 26.3 Å². The van der Waals surface area contributed by atoms with Crippen LogP contribution in [0.15, 0.2) is 48.7 Å². The number of nitrogens with zero attached hydrogens (tertiary/aromatic N) is 3. The van der Waals surface area contributed by atoms with Gasteiger partial charge < -0.3 is 9.30 Å². The molecule has 0 atom stereocenters. The lowest BCUT2D eigenvalue weighted by atomic mass is 10.0. The molecule has 1 aliphatic heterocycles. The van der Waals surface area contributed by atoms with E-state index in [-0.39, 0.29) is 0 Å². The minimum atomic E-state index is 0.887. The van der Waals surface area contributed by atoms with Gasteiger partial charge in [0.1, 0.15) is 5.65 Å². The van der Waals surface area contributed by atoms with Crippen molar-refractivity contribution in [3.63, 3.8) is 0 Å². The van der Waals surface area contributed by atoms with Gasteiger partial charge in [0.15, 0.2) is 0 Å². The summed E-state index contributed by atoms with van der Waals surface area (Å²) in [5.74, 6) is 0. The van der Waals surface area contributed by atoms with Crippen LogP contribution in [0.1, 0.15) is 23.4 Å². The molecule has 0 unspecified atom stereocenters. The van der Waals surface area contributed by atoms with Gasteiger partial charge in [-0.2, -0.15) is 0 Å². The summed E-state index contributed by atoms with van der Waals surface area (Å²) in [7, 11) is 0. The van der Waals surface area contributed by atoms with Crippen molar-refractivity contribution in [2.24, 2.45) is 0 Å². The van der Waals surface area contributed by atoms with E-state index in [2.05, 4.69) is 64.9 Å². The first-order valence-corrected chi connectivity index (χ1v) is 7.58. The topological polar surface area (TPSA) is 20.5 Å². The summed E-state index contributed by atoms with van der Waals surface area (Å²) in [5.41, 5.74) is 6.24. The molecule has 1 aromatic carbocycles. The summed E-state index contributed by atoms with van der Waals surface area (Å²) in [5, 5.41) is 0. The second kappa shape index (κ2) is 4.92. The van der Waals surface area contributed by atoms with Crippen LogP contribution in [-0.4, -0.2) is 15.9 Å². The van der Waals surface area contributed by atoms with Crippen molar-refractivity contribution in [3.05, 3.63) is 65.6 Å². The summed E-state index contributed by atoms with van der Waals surface area (Å²) in [4.78, 5) is 7.22. The Kier molecular flexibility index (Phi) is 2.92. The lowest BCUT2D eigenvalue weighted by Gasteiger charge is -2.30. The van der Waals surface area contributed by atoms with Crippen LogP contribution in [0.4, 0.5) is 5.69 Å². The van der Waals surface area contributed by atoms with E-state index in [9.17, 15) is 0 Å². The number of aryl methyl sites for hydroxylation is 2. The fourth-order valence-electron chi connectivity index (χ4n) is 3.25. The highest BCUT2D eigenvalue weighted by Crippen LogP contribution is 2.28. The molecule has 3 aromatic rings. The molecule has 21 heavy (non-hydrogen) atoms. The van der Waals surface area contributed by atoms with Gasteiger partial charge in [-0.1, -0.05) is 24.3 Å². The minimum Gasteiger partial charge on any atom is -0.365 e. The Labute approximate surface area is 124 Å². The van der Waals surface area contributed by atoms with Gasteiger partial charge in [0.05, 0.1) is 12.2 Å². The van der Waals surface area contributed by atoms with Crippen LogP contribution in [0.25, 0.3) is 5.65 Å². The highest BCUT2D eigenvalue weighted by molar-refractivity contribution is 5.55. The molecule has 0 saturated heterocycles. The molecule has 2 aromatic heterocycles. The average molecular weight is 277 g/mol.